The zero-order valence-corrected chi connectivity index (χ0v) is 14.6. The van der Waals surface area contributed by atoms with E-state index < -0.39 is 0 Å². The smallest absolute Gasteiger partial charge is 0.178 e. The van der Waals surface area contributed by atoms with Crippen LogP contribution in [0.4, 0.5) is 5.82 Å². The first-order valence-electron chi connectivity index (χ1n) is 9.26. The molecule has 1 aliphatic carbocycles. The molecule has 2 aromatic rings. The maximum atomic E-state index is 10.6. The van der Waals surface area contributed by atoms with Crippen molar-refractivity contribution in [3.05, 3.63) is 30.9 Å². The van der Waals surface area contributed by atoms with E-state index in [2.05, 4.69) is 31.8 Å². The van der Waals surface area contributed by atoms with Gasteiger partial charge in [-0.15, -0.1) is 0 Å². The average Bonchev–Trinajstić information content (AvgIpc) is 3.14. The second-order valence-electron chi connectivity index (χ2n) is 7.39. The Kier molecular flexibility index (Phi) is 4.61. The van der Waals surface area contributed by atoms with Crippen LogP contribution in [-0.2, 0) is 0 Å². The van der Waals surface area contributed by atoms with Crippen molar-refractivity contribution < 1.29 is 5.11 Å². The van der Waals surface area contributed by atoms with Crippen molar-refractivity contribution in [3.63, 3.8) is 0 Å². The first-order chi connectivity index (χ1) is 12.2. The molecule has 1 saturated carbocycles. The van der Waals surface area contributed by atoms with Crippen molar-refractivity contribution in [2.45, 2.75) is 51.2 Å². The van der Waals surface area contributed by atoms with Crippen LogP contribution < -0.4 is 4.90 Å². The third-order valence-electron chi connectivity index (χ3n) is 5.66. The maximum absolute atomic E-state index is 10.6. The average molecular weight is 339 g/mol. The summed E-state index contributed by atoms with van der Waals surface area (Å²) in [5, 5.41) is 10.6. The van der Waals surface area contributed by atoms with Gasteiger partial charge in [-0.2, -0.15) is 0 Å². The fourth-order valence-electron chi connectivity index (χ4n) is 4.40. The van der Waals surface area contributed by atoms with Gasteiger partial charge in [-0.25, -0.2) is 19.9 Å². The number of rotatable bonds is 3. The Bertz CT molecular complexity index is 710. The second kappa shape index (κ2) is 7.04. The molecule has 0 bridgehead atoms. The van der Waals surface area contributed by atoms with Crippen molar-refractivity contribution in [1.82, 2.24) is 19.9 Å². The molecule has 2 fully saturated rings. The van der Waals surface area contributed by atoms with E-state index in [0.29, 0.717) is 23.7 Å². The highest BCUT2D eigenvalue weighted by molar-refractivity contribution is 5.55. The summed E-state index contributed by atoms with van der Waals surface area (Å²) >= 11 is 0. The number of aliphatic hydroxyl groups excluding tert-OH is 1. The van der Waals surface area contributed by atoms with Crippen LogP contribution in [-0.4, -0.2) is 43.7 Å². The van der Waals surface area contributed by atoms with E-state index >= 15 is 0 Å². The number of hydrogen-bond acceptors (Lipinski definition) is 6. The Balaban J connectivity index is 1.60. The topological polar surface area (TPSA) is 75.0 Å². The molecule has 0 aromatic carbocycles. The summed E-state index contributed by atoms with van der Waals surface area (Å²) in [5.41, 5.74) is 0.744. The number of hydrogen-bond donors (Lipinski definition) is 1. The molecule has 1 N–H and O–H groups in total. The van der Waals surface area contributed by atoms with Gasteiger partial charge in [0.2, 0.25) is 0 Å². The lowest BCUT2D eigenvalue weighted by Gasteiger charge is -2.39. The summed E-state index contributed by atoms with van der Waals surface area (Å²) in [6.07, 6.45) is 10.3. The molecule has 4 unspecified atom stereocenters. The van der Waals surface area contributed by atoms with Crippen LogP contribution in [0.15, 0.2) is 30.9 Å². The van der Waals surface area contributed by atoms with Crippen LogP contribution in [0, 0.1) is 11.8 Å². The molecule has 3 heterocycles. The van der Waals surface area contributed by atoms with E-state index in [1.807, 2.05) is 6.07 Å². The predicted molar refractivity (Wildman–Crippen MR) is 95.9 cm³/mol. The lowest BCUT2D eigenvalue weighted by molar-refractivity contribution is 0.0390. The van der Waals surface area contributed by atoms with Gasteiger partial charge in [0.25, 0.3) is 0 Å². The van der Waals surface area contributed by atoms with Crippen molar-refractivity contribution in [2.24, 2.45) is 11.8 Å². The standard InChI is InChI=1S/C19H25N5O/c1-13-5-6-17(25)14(10-13)16-4-2-9-24(16)18-11-15(22-12-23-18)19-20-7-3-8-21-19/h3,7-8,11-14,16-17,25H,2,4-6,9-10H2,1H3. The van der Waals surface area contributed by atoms with E-state index in [9.17, 15) is 5.11 Å². The molecule has 6 nitrogen and oxygen atoms in total. The Labute approximate surface area is 148 Å². The molecule has 0 amide bonds. The summed E-state index contributed by atoms with van der Waals surface area (Å²) in [7, 11) is 0. The van der Waals surface area contributed by atoms with Gasteiger partial charge in [-0.05, 0) is 44.1 Å². The van der Waals surface area contributed by atoms with Crippen LogP contribution in [0.1, 0.15) is 39.0 Å². The molecule has 1 saturated heterocycles. The van der Waals surface area contributed by atoms with Crippen LogP contribution >= 0.6 is 0 Å². The molecular formula is C19H25N5O. The molecule has 1 aliphatic heterocycles. The SMILES string of the molecule is CC1CCC(O)C(C2CCCN2c2cc(-c3ncccn3)ncn2)C1. The van der Waals surface area contributed by atoms with Crippen molar-refractivity contribution >= 4 is 5.82 Å². The molecule has 2 aliphatic rings. The fourth-order valence-corrected chi connectivity index (χ4v) is 4.40. The van der Waals surface area contributed by atoms with Gasteiger partial charge >= 0.3 is 0 Å². The number of aromatic nitrogens is 4. The monoisotopic (exact) mass is 339 g/mol. The highest BCUT2D eigenvalue weighted by atomic mass is 16.3. The normalized spacial score (nSPS) is 29.8. The molecule has 0 radical (unpaired) electrons. The van der Waals surface area contributed by atoms with Gasteiger partial charge < -0.3 is 10.0 Å². The fraction of sp³-hybridized carbons (Fsp3) is 0.579. The van der Waals surface area contributed by atoms with Crippen molar-refractivity contribution in [1.29, 1.82) is 0 Å². The molecule has 4 atom stereocenters. The third kappa shape index (κ3) is 3.35. The number of nitrogens with zero attached hydrogens (tertiary/aromatic N) is 5. The van der Waals surface area contributed by atoms with E-state index in [4.69, 9.17) is 0 Å². The van der Waals surface area contributed by atoms with Crippen molar-refractivity contribution in [3.8, 4) is 11.5 Å². The van der Waals surface area contributed by atoms with Crippen LogP contribution in [0.5, 0.6) is 0 Å². The Morgan fingerprint density at radius 1 is 1.08 bits per heavy atom. The van der Waals surface area contributed by atoms with Gasteiger partial charge in [0.1, 0.15) is 17.8 Å². The summed E-state index contributed by atoms with van der Waals surface area (Å²) in [6, 6.07) is 4.14. The maximum Gasteiger partial charge on any atom is 0.178 e. The van der Waals surface area contributed by atoms with Crippen LogP contribution in [0.3, 0.4) is 0 Å². The van der Waals surface area contributed by atoms with Gasteiger partial charge in [0.05, 0.1) is 6.10 Å². The Morgan fingerprint density at radius 3 is 2.76 bits per heavy atom. The van der Waals surface area contributed by atoms with E-state index in [0.717, 1.165) is 50.2 Å². The Hall–Kier alpha value is -2.08. The summed E-state index contributed by atoms with van der Waals surface area (Å²) in [6.45, 7) is 3.28. The lowest BCUT2D eigenvalue weighted by Crippen LogP contribution is -2.44. The molecule has 132 valence electrons. The van der Waals surface area contributed by atoms with E-state index in [1.54, 1.807) is 24.8 Å². The molecule has 6 heteroatoms. The first kappa shape index (κ1) is 16.4. The highest BCUT2D eigenvalue weighted by Crippen LogP contribution is 2.38. The Morgan fingerprint density at radius 2 is 1.92 bits per heavy atom. The summed E-state index contributed by atoms with van der Waals surface area (Å²) in [5.74, 6) is 2.56. The van der Waals surface area contributed by atoms with E-state index in [1.165, 1.54) is 0 Å². The quantitative estimate of drug-likeness (QED) is 0.927. The van der Waals surface area contributed by atoms with Gasteiger partial charge in [0, 0.05) is 37.0 Å². The molecule has 2 aromatic heterocycles. The zero-order valence-electron chi connectivity index (χ0n) is 14.6. The molecular weight excluding hydrogens is 314 g/mol. The van der Waals surface area contributed by atoms with Gasteiger partial charge in [-0.1, -0.05) is 6.92 Å². The minimum Gasteiger partial charge on any atom is -0.393 e. The summed E-state index contributed by atoms with van der Waals surface area (Å²) in [4.78, 5) is 19.8. The zero-order chi connectivity index (χ0) is 17.2. The van der Waals surface area contributed by atoms with Crippen molar-refractivity contribution in [2.75, 3.05) is 11.4 Å². The number of aliphatic hydroxyl groups is 1. The molecule has 0 spiro atoms. The van der Waals surface area contributed by atoms with E-state index in [-0.39, 0.29) is 6.10 Å². The minimum absolute atomic E-state index is 0.194. The third-order valence-corrected chi connectivity index (χ3v) is 5.66. The first-order valence-corrected chi connectivity index (χ1v) is 9.26. The molecule has 25 heavy (non-hydrogen) atoms. The summed E-state index contributed by atoms with van der Waals surface area (Å²) < 4.78 is 0. The van der Waals surface area contributed by atoms with Crippen LogP contribution in [0.25, 0.3) is 11.5 Å². The van der Waals surface area contributed by atoms with Gasteiger partial charge in [-0.3, -0.25) is 0 Å². The van der Waals surface area contributed by atoms with Crippen LogP contribution in [0.2, 0.25) is 0 Å². The molecule has 4 rings (SSSR count). The largest absolute Gasteiger partial charge is 0.393 e. The second-order valence-corrected chi connectivity index (χ2v) is 7.39. The highest BCUT2D eigenvalue weighted by Gasteiger charge is 2.39. The number of anilines is 1. The predicted octanol–water partition coefficient (Wildman–Crippen LogP) is 2.70. The lowest BCUT2D eigenvalue weighted by atomic mass is 9.76. The minimum atomic E-state index is -0.194. The van der Waals surface area contributed by atoms with Gasteiger partial charge in [0.15, 0.2) is 5.82 Å².